The summed E-state index contributed by atoms with van der Waals surface area (Å²) in [6, 6.07) is 28.4. The highest BCUT2D eigenvalue weighted by molar-refractivity contribution is 7.89. The Morgan fingerprint density at radius 2 is 1.59 bits per heavy atom. The molecule has 0 bridgehead atoms. The quantitative estimate of drug-likeness (QED) is 0.106. The number of sulfonamides is 1. The lowest BCUT2D eigenvalue weighted by Gasteiger charge is -2.28. The molecule has 0 saturated carbocycles. The maximum Gasteiger partial charge on any atom is 0.355 e. The predicted molar refractivity (Wildman–Crippen MR) is 218 cm³/mol. The summed E-state index contributed by atoms with van der Waals surface area (Å²) in [4.78, 5) is 16.3. The van der Waals surface area contributed by atoms with Crippen LogP contribution < -0.4 is 4.74 Å². The van der Waals surface area contributed by atoms with Gasteiger partial charge in [0.15, 0.2) is 0 Å². The summed E-state index contributed by atoms with van der Waals surface area (Å²) >= 11 is 0. The fourth-order valence-electron chi connectivity index (χ4n) is 8.26. The predicted octanol–water partition coefficient (Wildman–Crippen LogP) is 6.72. The highest BCUT2D eigenvalue weighted by Crippen LogP contribution is 2.40. The van der Waals surface area contributed by atoms with E-state index in [1.54, 1.807) is 4.31 Å². The second-order valence-electron chi connectivity index (χ2n) is 14.6. The number of fused-ring (bicyclic) bond motifs is 4. The average molecular weight is 776 g/mol. The van der Waals surface area contributed by atoms with Gasteiger partial charge in [-0.2, -0.15) is 9.40 Å². The zero-order valence-corrected chi connectivity index (χ0v) is 33.2. The number of para-hydroxylation sites is 1. The van der Waals surface area contributed by atoms with E-state index in [1.165, 1.54) is 0 Å². The van der Waals surface area contributed by atoms with Gasteiger partial charge in [0.1, 0.15) is 11.4 Å². The van der Waals surface area contributed by atoms with Gasteiger partial charge >= 0.3 is 5.97 Å². The first-order chi connectivity index (χ1) is 27.2. The molecular formula is C44H49N5O6S. The second-order valence-corrected chi connectivity index (χ2v) is 16.7. The van der Waals surface area contributed by atoms with Gasteiger partial charge in [0.05, 0.1) is 49.9 Å². The van der Waals surface area contributed by atoms with Crippen molar-refractivity contribution in [2.24, 2.45) is 7.05 Å². The molecule has 12 heteroatoms. The third kappa shape index (κ3) is 7.46. The second kappa shape index (κ2) is 16.2. The van der Waals surface area contributed by atoms with Crippen LogP contribution in [-0.2, 0) is 52.6 Å². The van der Waals surface area contributed by atoms with Crippen molar-refractivity contribution >= 4 is 37.7 Å². The van der Waals surface area contributed by atoms with Crippen LogP contribution in [0.25, 0.3) is 32.8 Å². The molecule has 2 aromatic heterocycles. The molecule has 0 N–H and O–H groups in total. The molecule has 0 radical (unpaired) electrons. The van der Waals surface area contributed by atoms with Crippen LogP contribution in [0.5, 0.6) is 5.75 Å². The van der Waals surface area contributed by atoms with E-state index < -0.39 is 10.0 Å². The van der Waals surface area contributed by atoms with Gasteiger partial charge in [0.2, 0.25) is 10.0 Å². The van der Waals surface area contributed by atoms with Crippen LogP contribution >= 0.6 is 0 Å². The van der Waals surface area contributed by atoms with Crippen LogP contribution in [0.1, 0.15) is 51.9 Å². The number of aromatic nitrogens is 3. The molecule has 0 spiro atoms. The average Bonchev–Trinajstić information content (AvgIpc) is 3.67. The lowest BCUT2D eigenvalue weighted by Crippen LogP contribution is -2.42. The van der Waals surface area contributed by atoms with Gasteiger partial charge in [-0.25, -0.2) is 13.2 Å². The van der Waals surface area contributed by atoms with Crippen molar-refractivity contribution in [2.75, 3.05) is 51.8 Å². The normalized spacial score (nSPS) is 15.3. The molecule has 6 aromatic rings. The number of hydrogen-bond donors (Lipinski definition) is 0. The Kier molecular flexibility index (Phi) is 11.0. The maximum atomic E-state index is 14.3. The number of aryl methyl sites for hydroxylation is 2. The van der Waals surface area contributed by atoms with Gasteiger partial charge in [0, 0.05) is 67.4 Å². The molecule has 11 nitrogen and oxygen atoms in total. The molecular weight excluding hydrogens is 727 g/mol. The van der Waals surface area contributed by atoms with Crippen LogP contribution in [0.2, 0.25) is 0 Å². The van der Waals surface area contributed by atoms with Gasteiger partial charge in [-0.3, -0.25) is 9.58 Å². The molecule has 4 aromatic carbocycles. The van der Waals surface area contributed by atoms with Crippen molar-refractivity contribution in [1.82, 2.24) is 23.6 Å². The molecule has 1 saturated heterocycles. The van der Waals surface area contributed by atoms with Crippen molar-refractivity contribution in [3.05, 3.63) is 119 Å². The fourth-order valence-corrected chi connectivity index (χ4v) is 9.66. The number of ether oxygens (including phenoxy) is 3. The lowest BCUT2D eigenvalue weighted by molar-refractivity contribution is 0.0407. The summed E-state index contributed by atoms with van der Waals surface area (Å²) in [5.74, 6) is 0.440. The number of nitrogens with zero attached hydrogens (tertiary/aromatic N) is 5. The molecule has 1 fully saturated rings. The SMILES string of the molecule is CCOC(=O)c1c(CCCOc2cccc3ccccc23)c2cccc3c2n1Cc1ccccc1CN(S(=O)(=O)CCN1CCOCC1)Cc1nn(C)c(C)c1-3. The first kappa shape index (κ1) is 37.9. The standard InChI is InChI=1S/C44H49N5O6S/c1-4-54-44(50)43-37(19-11-24-55-40-20-9-15-32-12-7-8-16-35(32)40)36-17-10-18-38-41-31(2)46(3)45-39(41)30-48(56(51,52)27-23-47-21-25-53-26-22-47)28-33-13-5-6-14-34(33)29-49(43)42(36)38/h5-10,12-18,20H,4,11,19,21-30H2,1-3H3. The van der Waals surface area contributed by atoms with Crippen molar-refractivity contribution in [3.63, 3.8) is 0 Å². The molecule has 0 amide bonds. The van der Waals surface area contributed by atoms with E-state index in [1.807, 2.05) is 80.2 Å². The first-order valence-electron chi connectivity index (χ1n) is 19.5. The molecule has 0 unspecified atom stereocenters. The third-order valence-corrected chi connectivity index (χ3v) is 12.9. The van der Waals surface area contributed by atoms with Crippen molar-refractivity contribution in [2.45, 2.75) is 46.3 Å². The van der Waals surface area contributed by atoms with E-state index in [2.05, 4.69) is 39.8 Å². The molecule has 2 aliphatic rings. The summed E-state index contributed by atoms with van der Waals surface area (Å²) in [7, 11) is -1.84. The Hall–Kier alpha value is -5.01. The van der Waals surface area contributed by atoms with E-state index >= 15 is 0 Å². The minimum atomic E-state index is -3.73. The Balaban J connectivity index is 1.23. The van der Waals surface area contributed by atoms with E-state index in [0.29, 0.717) is 70.2 Å². The summed E-state index contributed by atoms with van der Waals surface area (Å²) in [5.41, 5.74) is 7.47. The van der Waals surface area contributed by atoms with Gasteiger partial charge in [-0.1, -0.05) is 78.9 Å². The Labute approximate surface area is 328 Å². The Morgan fingerprint density at radius 1 is 0.875 bits per heavy atom. The van der Waals surface area contributed by atoms with Crippen LogP contribution in [0.4, 0.5) is 0 Å². The molecule has 0 aliphatic carbocycles. The van der Waals surface area contributed by atoms with E-state index in [4.69, 9.17) is 19.3 Å². The van der Waals surface area contributed by atoms with Crippen LogP contribution in [0.15, 0.2) is 84.9 Å². The van der Waals surface area contributed by atoms with Crippen LogP contribution in [0, 0.1) is 6.92 Å². The van der Waals surface area contributed by atoms with Gasteiger partial charge in [-0.05, 0) is 54.8 Å². The fraction of sp³-hybridized carbons (Fsp3) is 0.364. The molecule has 56 heavy (non-hydrogen) atoms. The van der Waals surface area contributed by atoms with Crippen molar-refractivity contribution in [3.8, 4) is 16.9 Å². The Morgan fingerprint density at radius 3 is 2.39 bits per heavy atom. The number of benzene rings is 4. The van der Waals surface area contributed by atoms with Crippen LogP contribution in [0.3, 0.4) is 0 Å². The number of carbonyl (C=O) groups is 1. The highest BCUT2D eigenvalue weighted by Gasteiger charge is 2.32. The lowest BCUT2D eigenvalue weighted by atomic mass is 9.98. The molecule has 8 rings (SSSR count). The minimum Gasteiger partial charge on any atom is -0.493 e. The monoisotopic (exact) mass is 775 g/mol. The summed E-state index contributed by atoms with van der Waals surface area (Å²) in [6.45, 7) is 8.24. The molecule has 2 aliphatic heterocycles. The van der Waals surface area contributed by atoms with Gasteiger partial charge in [0.25, 0.3) is 0 Å². The topological polar surface area (TPSA) is 108 Å². The van der Waals surface area contributed by atoms with Crippen molar-refractivity contribution in [1.29, 1.82) is 0 Å². The van der Waals surface area contributed by atoms with Crippen molar-refractivity contribution < 1.29 is 27.4 Å². The zero-order chi connectivity index (χ0) is 38.8. The minimum absolute atomic E-state index is 0.00745. The first-order valence-corrected chi connectivity index (χ1v) is 21.1. The molecule has 4 heterocycles. The van der Waals surface area contributed by atoms with Crippen LogP contribution in [-0.4, -0.2) is 89.8 Å². The van der Waals surface area contributed by atoms with Gasteiger partial charge < -0.3 is 18.8 Å². The number of morpholine rings is 1. The van der Waals surface area contributed by atoms with E-state index in [9.17, 15) is 13.2 Å². The number of hydrogen-bond acceptors (Lipinski definition) is 8. The van der Waals surface area contributed by atoms with Gasteiger partial charge in [-0.15, -0.1) is 0 Å². The molecule has 0 atom stereocenters. The smallest absolute Gasteiger partial charge is 0.355 e. The van der Waals surface area contributed by atoms with E-state index in [-0.39, 0.29) is 31.4 Å². The Bertz CT molecular complexity index is 2500. The number of carbonyl (C=O) groups excluding carboxylic acids is 1. The largest absolute Gasteiger partial charge is 0.493 e. The summed E-state index contributed by atoms with van der Waals surface area (Å²) in [6.07, 6.45) is 1.26. The summed E-state index contributed by atoms with van der Waals surface area (Å²) < 4.78 is 51.9. The zero-order valence-electron chi connectivity index (χ0n) is 32.4. The highest BCUT2D eigenvalue weighted by atomic mass is 32.2. The number of esters is 1. The van der Waals surface area contributed by atoms with E-state index in [0.717, 1.165) is 60.9 Å². The number of rotatable bonds is 11. The third-order valence-electron chi connectivity index (χ3n) is 11.2. The summed E-state index contributed by atoms with van der Waals surface area (Å²) in [5, 5.41) is 8.10. The molecule has 292 valence electrons. The maximum absolute atomic E-state index is 14.3.